The molecule has 2 unspecified atom stereocenters. The molecule has 1 N–H and O–H groups in total. The molecule has 1 aromatic carbocycles. The van der Waals surface area contributed by atoms with E-state index in [9.17, 15) is 9.59 Å². The number of amides is 3. The Bertz CT molecular complexity index is 675. The van der Waals surface area contributed by atoms with Gasteiger partial charge in [0, 0.05) is 37.8 Å². The molecule has 0 spiro atoms. The molecule has 3 heterocycles. The van der Waals surface area contributed by atoms with E-state index in [-0.39, 0.29) is 6.03 Å². The van der Waals surface area contributed by atoms with Crippen molar-refractivity contribution in [3.05, 3.63) is 24.3 Å². The summed E-state index contributed by atoms with van der Waals surface area (Å²) < 4.78 is 5.44. The third kappa shape index (κ3) is 3.37. The van der Waals surface area contributed by atoms with Crippen molar-refractivity contribution in [1.82, 2.24) is 9.80 Å². The van der Waals surface area contributed by atoms with Crippen LogP contribution in [0.1, 0.15) is 32.6 Å². The highest BCUT2D eigenvalue weighted by atomic mass is 16.5. The van der Waals surface area contributed by atoms with Gasteiger partial charge in [0.05, 0.1) is 6.61 Å². The highest BCUT2D eigenvalue weighted by Gasteiger charge is 2.44. The number of ether oxygens (including phenoxy) is 1. The van der Waals surface area contributed by atoms with Gasteiger partial charge < -0.3 is 19.9 Å². The predicted molar refractivity (Wildman–Crippen MR) is 99.2 cm³/mol. The summed E-state index contributed by atoms with van der Waals surface area (Å²) in [6, 6.07) is 7.77. The SMILES string of the molecule is CCOc1ccc(NC(=O)N2CC3CC(C2)[C@H]2CCCC(=O)N2C3)cc1. The first kappa shape index (κ1) is 17.2. The Labute approximate surface area is 154 Å². The maximum absolute atomic E-state index is 12.7. The zero-order valence-electron chi connectivity index (χ0n) is 15.3. The van der Waals surface area contributed by atoms with Crippen molar-refractivity contribution in [3.63, 3.8) is 0 Å². The Kier molecular flexibility index (Phi) is 4.74. The van der Waals surface area contributed by atoms with Crippen molar-refractivity contribution in [2.75, 3.05) is 31.6 Å². The molecule has 3 atom stereocenters. The van der Waals surface area contributed by atoms with Gasteiger partial charge in [0.25, 0.3) is 0 Å². The van der Waals surface area contributed by atoms with Crippen LogP contribution in [0.3, 0.4) is 0 Å². The van der Waals surface area contributed by atoms with Crippen LogP contribution in [-0.4, -0.2) is 54.0 Å². The maximum Gasteiger partial charge on any atom is 0.321 e. The van der Waals surface area contributed by atoms with E-state index in [2.05, 4.69) is 10.2 Å². The highest BCUT2D eigenvalue weighted by molar-refractivity contribution is 5.89. The second kappa shape index (κ2) is 7.17. The fourth-order valence-corrected chi connectivity index (χ4v) is 4.78. The van der Waals surface area contributed by atoms with Crippen LogP contribution in [-0.2, 0) is 4.79 Å². The Hall–Kier alpha value is -2.24. The first-order valence-corrected chi connectivity index (χ1v) is 9.72. The normalized spacial score (nSPS) is 27.7. The number of rotatable bonds is 3. The van der Waals surface area contributed by atoms with Gasteiger partial charge in [-0.1, -0.05) is 0 Å². The first-order valence-electron chi connectivity index (χ1n) is 9.72. The van der Waals surface area contributed by atoms with E-state index < -0.39 is 0 Å². The Morgan fingerprint density at radius 2 is 2.04 bits per heavy atom. The summed E-state index contributed by atoms with van der Waals surface area (Å²) in [5.74, 6) is 1.93. The predicted octanol–water partition coefficient (Wildman–Crippen LogP) is 2.95. The van der Waals surface area contributed by atoms with Gasteiger partial charge >= 0.3 is 6.03 Å². The molecule has 0 radical (unpaired) electrons. The Morgan fingerprint density at radius 1 is 1.23 bits per heavy atom. The lowest BCUT2D eigenvalue weighted by Gasteiger charge is -2.52. The fraction of sp³-hybridized carbons (Fsp3) is 0.600. The molecule has 3 aliphatic rings. The number of likely N-dealkylation sites (tertiary alicyclic amines) is 1. The summed E-state index contributed by atoms with van der Waals surface area (Å²) in [7, 11) is 0. The number of carbonyl (C=O) groups excluding carboxylic acids is 2. The van der Waals surface area contributed by atoms with Crippen molar-refractivity contribution in [2.45, 2.75) is 38.6 Å². The van der Waals surface area contributed by atoms with Crippen LogP contribution in [0, 0.1) is 11.8 Å². The fourth-order valence-electron chi connectivity index (χ4n) is 4.78. The van der Waals surface area contributed by atoms with E-state index in [1.807, 2.05) is 36.1 Å². The zero-order valence-corrected chi connectivity index (χ0v) is 15.3. The monoisotopic (exact) mass is 357 g/mol. The highest BCUT2D eigenvalue weighted by Crippen LogP contribution is 2.38. The van der Waals surface area contributed by atoms with Crippen molar-refractivity contribution in [1.29, 1.82) is 0 Å². The largest absolute Gasteiger partial charge is 0.494 e. The molecule has 0 aliphatic carbocycles. The molecule has 4 rings (SSSR count). The van der Waals surface area contributed by atoms with Crippen LogP contribution in [0.5, 0.6) is 5.75 Å². The van der Waals surface area contributed by atoms with Crippen LogP contribution in [0.25, 0.3) is 0 Å². The van der Waals surface area contributed by atoms with Gasteiger partial charge in [0.2, 0.25) is 5.91 Å². The van der Waals surface area contributed by atoms with E-state index in [4.69, 9.17) is 4.74 Å². The number of hydrogen-bond acceptors (Lipinski definition) is 3. The molecular formula is C20H27N3O3. The number of piperidine rings is 3. The van der Waals surface area contributed by atoms with Gasteiger partial charge in [0.1, 0.15) is 5.75 Å². The summed E-state index contributed by atoms with van der Waals surface area (Å²) in [5, 5.41) is 3.00. The third-order valence-electron chi connectivity index (χ3n) is 5.88. The number of nitrogens with zero attached hydrogens (tertiary/aromatic N) is 2. The van der Waals surface area contributed by atoms with Gasteiger partial charge in [-0.3, -0.25) is 4.79 Å². The van der Waals surface area contributed by atoms with Gasteiger partial charge in [-0.25, -0.2) is 4.79 Å². The average molecular weight is 357 g/mol. The zero-order chi connectivity index (χ0) is 18.1. The third-order valence-corrected chi connectivity index (χ3v) is 5.88. The van der Waals surface area contributed by atoms with E-state index in [1.54, 1.807) is 0 Å². The molecule has 0 saturated carbocycles. The molecule has 1 aromatic rings. The summed E-state index contributed by atoms with van der Waals surface area (Å²) in [6.45, 7) is 4.86. The average Bonchev–Trinajstić information content (AvgIpc) is 2.64. The number of carbonyl (C=O) groups is 2. The van der Waals surface area contributed by atoms with Crippen LogP contribution >= 0.6 is 0 Å². The molecule has 3 amide bonds. The molecule has 3 saturated heterocycles. The number of benzene rings is 1. The van der Waals surface area contributed by atoms with E-state index >= 15 is 0 Å². The lowest BCUT2D eigenvalue weighted by Crippen LogP contribution is -2.61. The lowest BCUT2D eigenvalue weighted by atomic mass is 9.76. The minimum atomic E-state index is -0.0422. The standard InChI is InChI=1S/C20H27N3O3/c1-2-26-17-8-6-16(7-9-17)21-20(25)22-11-14-10-15(13-22)18-4-3-5-19(24)23(18)12-14/h6-9,14-15,18H,2-5,10-13H2,1H3,(H,21,25)/t14?,15?,18-/m1/s1. The molecule has 26 heavy (non-hydrogen) atoms. The van der Waals surface area contributed by atoms with Crippen molar-refractivity contribution in [3.8, 4) is 5.75 Å². The smallest absolute Gasteiger partial charge is 0.321 e. The minimum absolute atomic E-state index is 0.0422. The number of urea groups is 1. The number of anilines is 1. The van der Waals surface area contributed by atoms with Gasteiger partial charge in [-0.15, -0.1) is 0 Å². The first-order chi connectivity index (χ1) is 12.6. The van der Waals surface area contributed by atoms with Crippen LogP contribution in [0.15, 0.2) is 24.3 Å². The van der Waals surface area contributed by atoms with Crippen molar-refractivity contribution < 1.29 is 14.3 Å². The molecule has 2 bridgehead atoms. The molecule has 6 heteroatoms. The van der Waals surface area contributed by atoms with Crippen molar-refractivity contribution >= 4 is 17.6 Å². The number of fused-ring (bicyclic) bond motifs is 4. The summed E-state index contributed by atoms with van der Waals surface area (Å²) in [4.78, 5) is 29.0. The Balaban J connectivity index is 1.39. The molecule has 3 fully saturated rings. The van der Waals surface area contributed by atoms with Gasteiger partial charge in [-0.05, 0) is 62.3 Å². The molecule has 140 valence electrons. The quantitative estimate of drug-likeness (QED) is 0.905. The van der Waals surface area contributed by atoms with Crippen LogP contribution < -0.4 is 10.1 Å². The second-order valence-electron chi connectivity index (χ2n) is 7.66. The lowest BCUT2D eigenvalue weighted by molar-refractivity contribution is -0.144. The van der Waals surface area contributed by atoms with Crippen molar-refractivity contribution in [2.24, 2.45) is 11.8 Å². The second-order valence-corrected chi connectivity index (χ2v) is 7.66. The maximum atomic E-state index is 12.7. The number of nitrogens with one attached hydrogen (secondary N) is 1. The molecule has 6 nitrogen and oxygen atoms in total. The topological polar surface area (TPSA) is 61.9 Å². The summed E-state index contributed by atoms with van der Waals surface area (Å²) in [5.41, 5.74) is 0.781. The van der Waals surface area contributed by atoms with Crippen LogP contribution in [0.4, 0.5) is 10.5 Å². The van der Waals surface area contributed by atoms with Gasteiger partial charge in [0.15, 0.2) is 0 Å². The summed E-state index contributed by atoms with van der Waals surface area (Å²) in [6.07, 6.45) is 3.90. The minimum Gasteiger partial charge on any atom is -0.494 e. The van der Waals surface area contributed by atoms with E-state index in [0.29, 0.717) is 36.8 Å². The molecular weight excluding hydrogens is 330 g/mol. The van der Waals surface area contributed by atoms with Crippen LogP contribution in [0.2, 0.25) is 0 Å². The number of hydrogen-bond donors (Lipinski definition) is 1. The summed E-state index contributed by atoms with van der Waals surface area (Å²) >= 11 is 0. The van der Waals surface area contributed by atoms with E-state index in [0.717, 1.165) is 50.3 Å². The Morgan fingerprint density at radius 3 is 2.81 bits per heavy atom. The molecule has 3 aliphatic heterocycles. The van der Waals surface area contributed by atoms with E-state index in [1.165, 1.54) is 0 Å². The van der Waals surface area contributed by atoms with Gasteiger partial charge in [-0.2, -0.15) is 0 Å². The molecule has 0 aromatic heterocycles.